The Hall–Kier alpha value is -5.60. The van der Waals surface area contributed by atoms with Gasteiger partial charge in [-0.1, -0.05) is 19.1 Å². The Kier molecular flexibility index (Phi) is 10.2. The van der Waals surface area contributed by atoms with Crippen LogP contribution in [0.3, 0.4) is 0 Å². The van der Waals surface area contributed by atoms with Gasteiger partial charge in [0, 0.05) is 31.4 Å². The first-order chi connectivity index (χ1) is 24.1. The van der Waals surface area contributed by atoms with Crippen LogP contribution < -0.4 is 16.0 Å². The number of pyridine rings is 1. The highest BCUT2D eigenvalue weighted by molar-refractivity contribution is 6.04. The van der Waals surface area contributed by atoms with Crippen LogP contribution in [-0.4, -0.2) is 64.5 Å². The molecule has 0 saturated carbocycles. The molecule has 50 heavy (non-hydrogen) atoms. The first-order valence-corrected chi connectivity index (χ1v) is 15.8. The zero-order valence-corrected chi connectivity index (χ0v) is 26.8. The van der Waals surface area contributed by atoms with E-state index in [1.165, 1.54) is 34.9 Å². The Morgan fingerprint density at radius 1 is 0.920 bits per heavy atom. The van der Waals surface area contributed by atoms with Crippen molar-refractivity contribution >= 4 is 29.1 Å². The summed E-state index contributed by atoms with van der Waals surface area (Å²) in [6.45, 7) is 3.71. The molecule has 2 aromatic heterocycles. The standard InChI is InChI=1S/C36H32F4N6O4/c1-2-11-46(33-20-50-13-10-41-33)36(49)25-6-4-22(15-28(25)39)23-9-12-45-31(19-42-32(45)17-23)35(48)44-30-16-24(5-8-27(30)38)34(47)43-18-21-3-7-26(37)29(40)14-21/h3-9,12,14-17,19,33,41H,2,10-11,13,18,20H2,1H3,(H,43,47)(H,44,48). The van der Waals surface area contributed by atoms with Gasteiger partial charge in [-0.15, -0.1) is 0 Å². The second-order valence-corrected chi connectivity index (χ2v) is 11.6. The van der Waals surface area contributed by atoms with Crippen molar-refractivity contribution in [3.8, 4) is 11.1 Å². The van der Waals surface area contributed by atoms with Crippen LogP contribution in [0.25, 0.3) is 16.8 Å². The Balaban J connectivity index is 1.15. The number of aromatic nitrogens is 2. The lowest BCUT2D eigenvalue weighted by Gasteiger charge is -2.35. The number of nitrogens with one attached hydrogen (secondary N) is 3. The largest absolute Gasteiger partial charge is 0.377 e. The number of rotatable bonds is 10. The van der Waals surface area contributed by atoms with Crippen LogP contribution >= 0.6 is 0 Å². The first kappa shape index (κ1) is 34.3. The Bertz CT molecular complexity index is 2080. The van der Waals surface area contributed by atoms with Gasteiger partial charge >= 0.3 is 0 Å². The molecule has 5 aromatic rings. The predicted molar refractivity (Wildman–Crippen MR) is 176 cm³/mol. The van der Waals surface area contributed by atoms with Gasteiger partial charge in [0.05, 0.1) is 30.7 Å². The maximum atomic E-state index is 15.4. The number of nitrogens with zero attached hydrogens (tertiary/aromatic N) is 3. The Morgan fingerprint density at radius 2 is 1.72 bits per heavy atom. The van der Waals surface area contributed by atoms with E-state index in [4.69, 9.17) is 4.74 Å². The molecule has 0 spiro atoms. The fraction of sp³-hybridized carbons (Fsp3) is 0.222. The number of morpholine rings is 1. The van der Waals surface area contributed by atoms with Crippen molar-refractivity contribution < 1.29 is 36.7 Å². The van der Waals surface area contributed by atoms with Crippen LogP contribution in [-0.2, 0) is 11.3 Å². The van der Waals surface area contributed by atoms with Crippen LogP contribution in [0, 0.1) is 23.3 Å². The van der Waals surface area contributed by atoms with E-state index in [2.05, 4.69) is 20.9 Å². The van der Waals surface area contributed by atoms with E-state index in [9.17, 15) is 27.6 Å². The molecule has 1 fully saturated rings. The van der Waals surface area contributed by atoms with Crippen LogP contribution in [0.15, 0.2) is 79.1 Å². The highest BCUT2D eigenvalue weighted by Gasteiger charge is 2.28. The minimum absolute atomic E-state index is 0.0183. The minimum atomic E-state index is -1.05. The maximum Gasteiger partial charge on any atom is 0.274 e. The van der Waals surface area contributed by atoms with Gasteiger partial charge < -0.3 is 20.3 Å². The van der Waals surface area contributed by atoms with Gasteiger partial charge in [-0.2, -0.15) is 0 Å². The molecule has 3 aromatic carbocycles. The highest BCUT2D eigenvalue weighted by atomic mass is 19.2. The molecule has 0 bridgehead atoms. The van der Waals surface area contributed by atoms with Gasteiger partial charge in [0.25, 0.3) is 17.7 Å². The third-order valence-electron chi connectivity index (χ3n) is 8.20. The average molecular weight is 689 g/mol. The molecule has 258 valence electrons. The van der Waals surface area contributed by atoms with Crippen LogP contribution in [0.2, 0.25) is 0 Å². The van der Waals surface area contributed by atoms with Gasteiger partial charge in [-0.3, -0.25) is 24.1 Å². The lowest BCUT2D eigenvalue weighted by molar-refractivity contribution is 0.00996. The normalized spacial score (nSPS) is 14.4. The van der Waals surface area contributed by atoms with Crippen molar-refractivity contribution in [2.45, 2.75) is 26.1 Å². The molecule has 14 heteroatoms. The van der Waals surface area contributed by atoms with Crippen molar-refractivity contribution in [1.82, 2.24) is 24.9 Å². The van der Waals surface area contributed by atoms with Crippen LogP contribution in [0.5, 0.6) is 0 Å². The van der Waals surface area contributed by atoms with E-state index in [0.29, 0.717) is 55.1 Å². The number of imidazole rings is 1. The summed E-state index contributed by atoms with van der Waals surface area (Å²) in [4.78, 5) is 45.1. The quantitative estimate of drug-likeness (QED) is 0.166. The Labute approximate surface area is 284 Å². The van der Waals surface area contributed by atoms with E-state index in [1.807, 2.05) is 6.92 Å². The van der Waals surface area contributed by atoms with E-state index in [0.717, 1.165) is 24.3 Å². The number of halogens is 4. The zero-order chi connectivity index (χ0) is 35.4. The molecular formula is C36H32F4N6O4. The lowest BCUT2D eigenvalue weighted by Crippen LogP contribution is -2.55. The lowest BCUT2D eigenvalue weighted by atomic mass is 10.0. The summed E-state index contributed by atoms with van der Waals surface area (Å²) in [5.41, 5.74) is 1.47. The van der Waals surface area contributed by atoms with Gasteiger partial charge in [0.15, 0.2) is 11.6 Å². The molecule has 1 unspecified atom stereocenters. The number of carbonyl (C=O) groups excluding carboxylic acids is 3. The van der Waals surface area contributed by atoms with E-state index < -0.39 is 41.0 Å². The smallest absolute Gasteiger partial charge is 0.274 e. The third kappa shape index (κ3) is 7.36. The monoisotopic (exact) mass is 688 g/mol. The molecule has 0 aliphatic carbocycles. The summed E-state index contributed by atoms with van der Waals surface area (Å²) in [6.07, 6.45) is 3.19. The fourth-order valence-corrected chi connectivity index (χ4v) is 5.63. The maximum absolute atomic E-state index is 15.4. The van der Waals surface area contributed by atoms with Crippen molar-refractivity contribution in [3.63, 3.8) is 0 Å². The molecule has 0 radical (unpaired) electrons. The minimum Gasteiger partial charge on any atom is -0.377 e. The molecule has 1 atom stereocenters. The van der Waals surface area contributed by atoms with Crippen LogP contribution in [0.1, 0.15) is 50.1 Å². The van der Waals surface area contributed by atoms with E-state index >= 15 is 4.39 Å². The van der Waals surface area contributed by atoms with Crippen molar-refractivity contribution in [1.29, 1.82) is 0 Å². The molecule has 1 saturated heterocycles. The SMILES string of the molecule is CCCN(C(=O)c1ccc(-c2ccn3c(C(=O)Nc4cc(C(=O)NCc5ccc(F)c(F)c5)ccc4F)cnc3c2)cc1F)C1COCCN1. The zero-order valence-electron chi connectivity index (χ0n) is 26.8. The van der Waals surface area contributed by atoms with Crippen molar-refractivity contribution in [2.75, 3.05) is 31.6 Å². The topological polar surface area (TPSA) is 117 Å². The molecular weight excluding hydrogens is 656 g/mol. The van der Waals surface area contributed by atoms with Crippen LogP contribution in [0.4, 0.5) is 23.2 Å². The molecule has 10 nitrogen and oxygen atoms in total. The van der Waals surface area contributed by atoms with Crippen molar-refractivity contribution in [2.24, 2.45) is 0 Å². The number of carbonyl (C=O) groups is 3. The molecule has 1 aliphatic rings. The number of hydrogen-bond acceptors (Lipinski definition) is 6. The number of fused-ring (bicyclic) bond motifs is 1. The first-order valence-electron chi connectivity index (χ1n) is 15.8. The van der Waals surface area contributed by atoms with Gasteiger partial charge in [-0.05, 0) is 77.7 Å². The average Bonchev–Trinajstić information content (AvgIpc) is 3.55. The second kappa shape index (κ2) is 14.9. The second-order valence-electron chi connectivity index (χ2n) is 11.6. The van der Waals surface area contributed by atoms with Crippen molar-refractivity contribution in [3.05, 3.63) is 125 Å². The summed E-state index contributed by atoms with van der Waals surface area (Å²) in [6, 6.07) is 14.2. The van der Waals surface area contributed by atoms with E-state index in [-0.39, 0.29) is 35.2 Å². The summed E-state index contributed by atoms with van der Waals surface area (Å²) in [5, 5.41) is 8.24. The third-order valence-corrected chi connectivity index (χ3v) is 8.20. The highest BCUT2D eigenvalue weighted by Crippen LogP contribution is 2.26. The summed E-state index contributed by atoms with van der Waals surface area (Å²) < 4.78 is 63.7. The number of anilines is 1. The molecule has 6 rings (SSSR count). The number of amides is 3. The summed E-state index contributed by atoms with van der Waals surface area (Å²) in [5.74, 6) is -5.34. The van der Waals surface area contributed by atoms with Gasteiger partial charge in [-0.25, -0.2) is 22.5 Å². The summed E-state index contributed by atoms with van der Waals surface area (Å²) in [7, 11) is 0. The molecule has 3 heterocycles. The Morgan fingerprint density at radius 3 is 2.46 bits per heavy atom. The van der Waals surface area contributed by atoms with E-state index in [1.54, 1.807) is 29.3 Å². The number of ether oxygens (including phenoxy) is 1. The predicted octanol–water partition coefficient (Wildman–Crippen LogP) is 5.54. The molecule has 3 N–H and O–H groups in total. The number of hydrogen-bond donors (Lipinski definition) is 3. The fourth-order valence-electron chi connectivity index (χ4n) is 5.63. The molecule has 1 aliphatic heterocycles. The number of benzene rings is 3. The molecule has 3 amide bonds. The van der Waals surface area contributed by atoms with Gasteiger partial charge in [0.2, 0.25) is 0 Å². The summed E-state index contributed by atoms with van der Waals surface area (Å²) >= 11 is 0. The van der Waals surface area contributed by atoms with Gasteiger partial charge in [0.1, 0.15) is 29.1 Å².